The molecule has 1 heterocycles. The highest BCUT2D eigenvalue weighted by Crippen LogP contribution is 2.37. The molecule has 1 fully saturated rings. The third kappa shape index (κ3) is 5.66. The molecule has 208 valence electrons. The van der Waals surface area contributed by atoms with Gasteiger partial charge in [0.15, 0.2) is 11.5 Å². The molecule has 1 atom stereocenters. The van der Waals surface area contributed by atoms with Gasteiger partial charge in [-0.3, -0.25) is 14.5 Å². The first kappa shape index (κ1) is 27.2. The first-order chi connectivity index (χ1) is 19.5. The van der Waals surface area contributed by atoms with Crippen LogP contribution in [0.4, 0.5) is 10.1 Å². The maximum Gasteiger partial charge on any atom is 0.248 e. The smallest absolute Gasteiger partial charge is 0.248 e. The van der Waals surface area contributed by atoms with Crippen LogP contribution in [0.2, 0.25) is 0 Å². The summed E-state index contributed by atoms with van der Waals surface area (Å²) in [5, 5.41) is 4.04. The summed E-state index contributed by atoms with van der Waals surface area (Å²) in [7, 11) is 3.03. The number of nitrogens with zero attached hydrogens (tertiary/aromatic N) is 1. The fourth-order valence-corrected chi connectivity index (χ4v) is 5.56. The number of ether oxygens (including phenoxy) is 2. The number of hydrogen-bond donors (Lipinski definition) is 2. The van der Waals surface area contributed by atoms with Gasteiger partial charge in [-0.25, -0.2) is 4.39 Å². The van der Waals surface area contributed by atoms with Gasteiger partial charge in [-0.15, -0.1) is 0 Å². The Labute approximate surface area is 233 Å². The lowest BCUT2D eigenvalue weighted by atomic mass is 9.94. The van der Waals surface area contributed by atoms with E-state index < -0.39 is 17.8 Å². The predicted molar refractivity (Wildman–Crippen MR) is 153 cm³/mol. The zero-order valence-electron chi connectivity index (χ0n) is 22.8. The number of methoxy groups -OCH3 is 2. The monoisotopic (exact) mass is 543 g/mol. The Balaban J connectivity index is 1.61. The van der Waals surface area contributed by atoms with Gasteiger partial charge in [0, 0.05) is 40.5 Å². The van der Waals surface area contributed by atoms with Crippen molar-refractivity contribution < 1.29 is 23.5 Å². The summed E-state index contributed by atoms with van der Waals surface area (Å²) < 4.78 is 26.3. The number of aromatic nitrogens is 1. The first-order valence-electron chi connectivity index (χ1n) is 13.6. The number of para-hydroxylation sites is 1. The van der Waals surface area contributed by atoms with E-state index in [1.165, 1.54) is 25.2 Å². The van der Waals surface area contributed by atoms with Crippen LogP contribution in [-0.2, 0) is 16.0 Å². The molecule has 0 bridgehead atoms. The number of benzene rings is 3. The maximum atomic E-state index is 15.4. The quantitative estimate of drug-likeness (QED) is 0.268. The van der Waals surface area contributed by atoms with Crippen LogP contribution >= 0.6 is 0 Å². The zero-order chi connectivity index (χ0) is 28.1. The fraction of sp³-hybridized carbons (Fsp3) is 0.312. The van der Waals surface area contributed by atoms with E-state index in [1.807, 2.05) is 24.3 Å². The predicted octanol–water partition coefficient (Wildman–Crippen LogP) is 6.09. The molecular weight excluding hydrogens is 509 g/mol. The number of amides is 2. The third-order valence-electron chi connectivity index (χ3n) is 7.59. The van der Waals surface area contributed by atoms with Crippen LogP contribution in [0.15, 0.2) is 72.9 Å². The maximum absolute atomic E-state index is 15.4. The number of H-pyrrole nitrogens is 1. The van der Waals surface area contributed by atoms with Crippen molar-refractivity contribution in [1.82, 2.24) is 10.3 Å². The lowest BCUT2D eigenvalue weighted by Gasteiger charge is -2.34. The second-order valence-electron chi connectivity index (χ2n) is 10.1. The molecule has 0 spiro atoms. The van der Waals surface area contributed by atoms with E-state index in [4.69, 9.17) is 9.47 Å². The molecule has 8 heteroatoms. The summed E-state index contributed by atoms with van der Waals surface area (Å²) in [6.07, 6.45) is 6.69. The molecule has 40 heavy (non-hydrogen) atoms. The Morgan fingerprint density at radius 2 is 1.70 bits per heavy atom. The lowest BCUT2D eigenvalue weighted by molar-refractivity contribution is -0.127. The van der Waals surface area contributed by atoms with Gasteiger partial charge in [-0.1, -0.05) is 55.7 Å². The van der Waals surface area contributed by atoms with E-state index in [9.17, 15) is 9.59 Å². The van der Waals surface area contributed by atoms with Crippen molar-refractivity contribution in [2.24, 2.45) is 0 Å². The number of carbonyl (C=O) groups is 2. The molecule has 0 saturated heterocycles. The summed E-state index contributed by atoms with van der Waals surface area (Å²) in [6, 6.07) is 17.6. The van der Waals surface area contributed by atoms with Gasteiger partial charge >= 0.3 is 0 Å². The fourth-order valence-electron chi connectivity index (χ4n) is 5.56. The number of aromatic amines is 1. The normalized spacial score (nSPS) is 14.5. The van der Waals surface area contributed by atoms with Gasteiger partial charge in [0.25, 0.3) is 0 Å². The van der Waals surface area contributed by atoms with Gasteiger partial charge < -0.3 is 19.8 Å². The third-order valence-corrected chi connectivity index (χ3v) is 7.59. The number of anilines is 1. The van der Waals surface area contributed by atoms with Gasteiger partial charge in [0.05, 0.1) is 20.6 Å². The molecule has 3 aromatic carbocycles. The Hall–Kier alpha value is -4.33. The van der Waals surface area contributed by atoms with Crippen molar-refractivity contribution in [2.45, 2.75) is 50.6 Å². The van der Waals surface area contributed by atoms with Crippen LogP contribution in [0.1, 0.15) is 49.3 Å². The lowest BCUT2D eigenvalue weighted by Crippen LogP contribution is -2.48. The number of rotatable bonds is 9. The number of fused-ring (bicyclic) bond motifs is 1. The average molecular weight is 544 g/mol. The molecule has 1 aromatic heterocycles. The van der Waals surface area contributed by atoms with Crippen LogP contribution < -0.4 is 19.7 Å². The van der Waals surface area contributed by atoms with Crippen LogP contribution in [0.25, 0.3) is 10.9 Å². The number of hydrogen-bond acceptors (Lipinski definition) is 4. The second kappa shape index (κ2) is 12.2. The highest BCUT2D eigenvalue weighted by molar-refractivity contribution is 6.03. The minimum atomic E-state index is -1.24. The van der Waals surface area contributed by atoms with E-state index in [0.29, 0.717) is 17.2 Å². The average Bonchev–Trinajstić information content (AvgIpc) is 3.39. The number of halogens is 1. The molecule has 1 unspecified atom stereocenters. The van der Waals surface area contributed by atoms with Crippen molar-refractivity contribution >= 4 is 28.4 Å². The van der Waals surface area contributed by atoms with E-state index in [2.05, 4.69) is 10.3 Å². The summed E-state index contributed by atoms with van der Waals surface area (Å²) >= 11 is 0. The summed E-state index contributed by atoms with van der Waals surface area (Å²) in [5.74, 6) is -0.464. The van der Waals surface area contributed by atoms with Gasteiger partial charge in [0.2, 0.25) is 11.8 Å². The number of nitrogens with one attached hydrogen (secondary N) is 2. The Kier molecular flexibility index (Phi) is 8.34. The van der Waals surface area contributed by atoms with Gasteiger partial charge in [-0.05, 0) is 42.7 Å². The topological polar surface area (TPSA) is 83.7 Å². The molecule has 4 aromatic rings. The molecule has 0 radical (unpaired) electrons. The molecular formula is C32H34FN3O4. The zero-order valence-corrected chi connectivity index (χ0v) is 22.8. The molecule has 5 rings (SSSR count). The molecule has 2 amide bonds. The highest BCUT2D eigenvalue weighted by Gasteiger charge is 2.36. The van der Waals surface area contributed by atoms with E-state index in [-0.39, 0.29) is 23.9 Å². The minimum Gasteiger partial charge on any atom is -0.493 e. The van der Waals surface area contributed by atoms with Crippen molar-refractivity contribution in [3.8, 4) is 11.5 Å². The Bertz CT molecular complexity index is 1490. The molecule has 2 N–H and O–H groups in total. The van der Waals surface area contributed by atoms with Crippen LogP contribution in [0.3, 0.4) is 0 Å². The Morgan fingerprint density at radius 1 is 0.975 bits per heavy atom. The van der Waals surface area contributed by atoms with Crippen molar-refractivity contribution in [1.29, 1.82) is 0 Å². The van der Waals surface area contributed by atoms with Crippen LogP contribution in [0, 0.1) is 5.82 Å². The van der Waals surface area contributed by atoms with Crippen LogP contribution in [0.5, 0.6) is 11.5 Å². The number of carbonyl (C=O) groups excluding carboxylic acids is 2. The summed E-state index contributed by atoms with van der Waals surface area (Å²) in [5.41, 5.74) is 2.21. The summed E-state index contributed by atoms with van der Waals surface area (Å²) in [6.45, 7) is 0. The molecule has 0 aliphatic heterocycles. The van der Waals surface area contributed by atoms with Crippen molar-refractivity contribution in [3.63, 3.8) is 0 Å². The SMILES string of the molecule is COc1ccc(N(C(=O)Cc2c[nH]c3ccccc23)C(C(=O)NC2CCCCC2)c2ccccc2F)cc1OC. The second-order valence-corrected chi connectivity index (χ2v) is 10.1. The largest absolute Gasteiger partial charge is 0.493 e. The molecule has 1 aliphatic carbocycles. The van der Waals surface area contributed by atoms with Crippen molar-refractivity contribution in [3.05, 3.63) is 89.9 Å². The van der Waals surface area contributed by atoms with Crippen LogP contribution in [-0.4, -0.2) is 37.1 Å². The first-order valence-corrected chi connectivity index (χ1v) is 13.6. The molecule has 1 saturated carbocycles. The van der Waals surface area contributed by atoms with E-state index >= 15 is 4.39 Å². The van der Waals surface area contributed by atoms with Gasteiger partial charge in [-0.2, -0.15) is 0 Å². The summed E-state index contributed by atoms with van der Waals surface area (Å²) in [4.78, 5) is 32.9. The van der Waals surface area contributed by atoms with Crippen molar-refractivity contribution in [2.75, 3.05) is 19.1 Å². The van der Waals surface area contributed by atoms with E-state index in [0.717, 1.165) is 48.6 Å². The Morgan fingerprint density at radius 3 is 2.45 bits per heavy atom. The molecule has 7 nitrogen and oxygen atoms in total. The van der Waals surface area contributed by atoms with Gasteiger partial charge in [0.1, 0.15) is 11.9 Å². The standard InChI is InChI=1S/C32H34FN3O4/c1-39-28-17-16-23(19-29(28)40-2)36(30(37)18-21-20-34-27-15-9-7-12-24(21)27)31(25-13-6-8-14-26(25)33)32(38)35-22-10-4-3-5-11-22/h6-9,12-17,19-20,22,31,34H,3-5,10-11,18H2,1-2H3,(H,35,38). The molecule has 1 aliphatic rings. The van der Waals surface area contributed by atoms with E-state index in [1.54, 1.807) is 42.6 Å². The minimum absolute atomic E-state index is 0.0000191. The highest BCUT2D eigenvalue weighted by atomic mass is 19.1.